The highest BCUT2D eigenvalue weighted by Gasteiger charge is 2.25. The van der Waals surface area contributed by atoms with E-state index in [1.165, 1.54) is 0 Å². The fourth-order valence-electron chi connectivity index (χ4n) is 2.35. The molecule has 1 saturated heterocycles. The lowest BCUT2D eigenvalue weighted by molar-refractivity contribution is -0.157. The number of carbonyl (C=O) groups is 3. The number of esters is 1. The van der Waals surface area contributed by atoms with Gasteiger partial charge < -0.3 is 9.47 Å². The number of imide groups is 1. The average Bonchev–Trinajstić information content (AvgIpc) is 3.06. The molecule has 1 aliphatic rings. The summed E-state index contributed by atoms with van der Waals surface area (Å²) in [6, 6.07) is 7.05. The minimum atomic E-state index is -0.661. The summed E-state index contributed by atoms with van der Waals surface area (Å²) in [6.45, 7) is 6.26. The van der Waals surface area contributed by atoms with Crippen molar-refractivity contribution in [1.29, 1.82) is 0 Å². The molecule has 1 heterocycles. The van der Waals surface area contributed by atoms with Gasteiger partial charge in [0.25, 0.3) is 11.8 Å². The lowest BCUT2D eigenvalue weighted by Gasteiger charge is -2.19. The molecule has 24 heavy (non-hydrogen) atoms. The second kappa shape index (κ2) is 7.57. The Morgan fingerprint density at radius 1 is 1.21 bits per heavy atom. The quantitative estimate of drug-likeness (QED) is 0.852. The van der Waals surface area contributed by atoms with Crippen LogP contribution in [0.1, 0.15) is 49.5 Å². The zero-order valence-electron chi connectivity index (χ0n) is 14.3. The summed E-state index contributed by atoms with van der Waals surface area (Å²) in [5, 5.41) is 2.20. The van der Waals surface area contributed by atoms with Crippen LogP contribution in [0.2, 0.25) is 0 Å². The highest BCUT2D eigenvalue weighted by Crippen LogP contribution is 2.22. The second-order valence-electron chi connectivity index (χ2n) is 6.81. The monoisotopic (exact) mass is 333 g/mol. The summed E-state index contributed by atoms with van der Waals surface area (Å²) in [4.78, 5) is 35.4. The lowest BCUT2D eigenvalue weighted by atomic mass is 9.87. The first-order chi connectivity index (χ1) is 11.3. The molecule has 2 amide bonds. The molecule has 1 atom stereocenters. The van der Waals surface area contributed by atoms with Crippen molar-refractivity contribution in [3.05, 3.63) is 35.4 Å². The topological polar surface area (TPSA) is 81.7 Å². The maximum atomic E-state index is 12.0. The zero-order chi connectivity index (χ0) is 17.7. The van der Waals surface area contributed by atoms with Crippen molar-refractivity contribution < 1.29 is 23.9 Å². The highest BCUT2D eigenvalue weighted by molar-refractivity contribution is 6.05. The van der Waals surface area contributed by atoms with Crippen LogP contribution in [0.4, 0.5) is 0 Å². The van der Waals surface area contributed by atoms with Gasteiger partial charge in [-0.1, -0.05) is 32.9 Å². The maximum absolute atomic E-state index is 12.0. The molecule has 1 N–H and O–H groups in total. The van der Waals surface area contributed by atoms with Crippen LogP contribution in [0.5, 0.6) is 0 Å². The second-order valence-corrected chi connectivity index (χ2v) is 6.81. The molecule has 130 valence electrons. The Hall–Kier alpha value is -2.21. The summed E-state index contributed by atoms with van der Waals surface area (Å²) in [6.07, 6.45) is 0.799. The molecule has 1 aromatic carbocycles. The number of nitrogens with one attached hydrogen (secondary N) is 1. The van der Waals surface area contributed by atoms with Crippen LogP contribution in [0.3, 0.4) is 0 Å². The Kier molecular flexibility index (Phi) is 5.72. The van der Waals surface area contributed by atoms with E-state index in [0.29, 0.717) is 18.6 Å². The number of amides is 2. The van der Waals surface area contributed by atoms with E-state index < -0.39 is 30.5 Å². The van der Waals surface area contributed by atoms with Crippen molar-refractivity contribution in [3.8, 4) is 0 Å². The smallest absolute Gasteiger partial charge is 0.335 e. The molecular weight excluding hydrogens is 310 g/mol. The minimum Gasteiger partial charge on any atom is -0.454 e. The van der Waals surface area contributed by atoms with E-state index in [4.69, 9.17) is 9.47 Å². The van der Waals surface area contributed by atoms with E-state index in [1.807, 2.05) is 12.1 Å². The molecule has 0 unspecified atom stereocenters. The van der Waals surface area contributed by atoms with E-state index in [2.05, 4.69) is 26.1 Å². The van der Waals surface area contributed by atoms with Crippen molar-refractivity contribution >= 4 is 17.8 Å². The number of benzene rings is 1. The third kappa shape index (κ3) is 4.89. The molecule has 2 rings (SSSR count). The number of rotatable bonds is 4. The van der Waals surface area contributed by atoms with Gasteiger partial charge in [-0.05, 0) is 36.0 Å². The maximum Gasteiger partial charge on any atom is 0.335 e. The van der Waals surface area contributed by atoms with Gasteiger partial charge in [-0.3, -0.25) is 14.9 Å². The fraction of sp³-hybridized carbons (Fsp3) is 0.500. The van der Waals surface area contributed by atoms with Crippen LogP contribution < -0.4 is 5.32 Å². The van der Waals surface area contributed by atoms with Crippen LogP contribution in [0.25, 0.3) is 0 Å². The molecular formula is C18H23NO5. The van der Waals surface area contributed by atoms with Crippen LogP contribution >= 0.6 is 0 Å². The van der Waals surface area contributed by atoms with Gasteiger partial charge in [-0.25, -0.2) is 4.79 Å². The van der Waals surface area contributed by atoms with Gasteiger partial charge in [0.05, 0.1) is 0 Å². The summed E-state index contributed by atoms with van der Waals surface area (Å²) in [7, 11) is 0. The summed E-state index contributed by atoms with van der Waals surface area (Å²) >= 11 is 0. The van der Waals surface area contributed by atoms with Crippen molar-refractivity contribution in [2.45, 2.75) is 45.1 Å². The van der Waals surface area contributed by atoms with Gasteiger partial charge in [0.2, 0.25) is 0 Å². The Labute approximate surface area is 141 Å². The standard InChI is InChI=1S/C18H23NO5/c1-18(2,3)13-8-6-12(7-9-13)16(21)19-15(20)11-24-17(22)14-5-4-10-23-14/h6-9,14H,4-5,10-11H2,1-3H3,(H,19,20,21)/t14-/m0/s1. The highest BCUT2D eigenvalue weighted by atomic mass is 16.6. The largest absolute Gasteiger partial charge is 0.454 e. The van der Waals surface area contributed by atoms with Crippen molar-refractivity contribution in [1.82, 2.24) is 5.32 Å². The van der Waals surface area contributed by atoms with E-state index in [9.17, 15) is 14.4 Å². The van der Waals surface area contributed by atoms with Crippen LogP contribution in [0, 0.1) is 0 Å². The minimum absolute atomic E-state index is 0.0126. The normalized spacial score (nSPS) is 17.4. The molecule has 0 aromatic heterocycles. The van der Waals surface area contributed by atoms with Gasteiger partial charge >= 0.3 is 5.97 Å². The van der Waals surface area contributed by atoms with Crippen LogP contribution in [-0.2, 0) is 24.5 Å². The summed E-state index contributed by atoms with van der Waals surface area (Å²) < 4.78 is 10.0. The summed E-state index contributed by atoms with van der Waals surface area (Å²) in [5.74, 6) is -1.75. The van der Waals surface area contributed by atoms with Crippen LogP contribution in [-0.4, -0.2) is 37.1 Å². The molecule has 6 heteroatoms. The van der Waals surface area contributed by atoms with E-state index >= 15 is 0 Å². The molecule has 0 radical (unpaired) electrons. The number of ether oxygens (including phenoxy) is 2. The fourth-order valence-corrected chi connectivity index (χ4v) is 2.35. The number of hydrogen-bond acceptors (Lipinski definition) is 5. The lowest BCUT2D eigenvalue weighted by Crippen LogP contribution is -2.35. The predicted molar refractivity (Wildman–Crippen MR) is 87.5 cm³/mol. The molecule has 1 aliphatic heterocycles. The van der Waals surface area contributed by atoms with E-state index in [0.717, 1.165) is 12.0 Å². The van der Waals surface area contributed by atoms with E-state index in [1.54, 1.807) is 12.1 Å². The van der Waals surface area contributed by atoms with Crippen molar-refractivity contribution in [2.24, 2.45) is 0 Å². The predicted octanol–water partition coefficient (Wildman–Crippen LogP) is 1.96. The molecule has 0 spiro atoms. The van der Waals surface area contributed by atoms with Gasteiger partial charge in [0, 0.05) is 12.2 Å². The third-order valence-corrected chi connectivity index (χ3v) is 3.80. The summed E-state index contributed by atoms with van der Waals surface area (Å²) in [5.41, 5.74) is 1.46. The molecule has 1 aromatic rings. The Balaban J connectivity index is 1.82. The number of hydrogen-bond donors (Lipinski definition) is 1. The first-order valence-corrected chi connectivity index (χ1v) is 8.00. The average molecular weight is 333 g/mol. The van der Waals surface area contributed by atoms with Gasteiger partial charge in [0.15, 0.2) is 12.7 Å². The number of carbonyl (C=O) groups excluding carboxylic acids is 3. The third-order valence-electron chi connectivity index (χ3n) is 3.80. The first-order valence-electron chi connectivity index (χ1n) is 8.00. The van der Waals surface area contributed by atoms with Gasteiger partial charge in [-0.2, -0.15) is 0 Å². The van der Waals surface area contributed by atoms with Crippen molar-refractivity contribution in [2.75, 3.05) is 13.2 Å². The SMILES string of the molecule is CC(C)(C)c1ccc(C(=O)NC(=O)COC(=O)[C@@H]2CCCO2)cc1. The molecule has 0 aliphatic carbocycles. The Morgan fingerprint density at radius 2 is 1.88 bits per heavy atom. The van der Waals surface area contributed by atoms with Crippen molar-refractivity contribution in [3.63, 3.8) is 0 Å². The van der Waals surface area contributed by atoms with Gasteiger partial charge in [-0.15, -0.1) is 0 Å². The van der Waals surface area contributed by atoms with Gasteiger partial charge in [0.1, 0.15) is 0 Å². The zero-order valence-corrected chi connectivity index (χ0v) is 14.3. The van der Waals surface area contributed by atoms with Crippen LogP contribution in [0.15, 0.2) is 24.3 Å². The molecule has 1 fully saturated rings. The molecule has 6 nitrogen and oxygen atoms in total. The first kappa shape index (κ1) is 18.1. The molecule has 0 saturated carbocycles. The van der Waals surface area contributed by atoms with E-state index in [-0.39, 0.29) is 5.41 Å². The Morgan fingerprint density at radius 3 is 2.42 bits per heavy atom. The molecule has 0 bridgehead atoms. The Bertz CT molecular complexity index is 609.